The van der Waals surface area contributed by atoms with Crippen LogP contribution in [0.5, 0.6) is 0 Å². The molecule has 1 heterocycles. The normalized spacial score (nSPS) is 18.0. The van der Waals surface area contributed by atoms with Gasteiger partial charge in [0.1, 0.15) is 11.6 Å². The van der Waals surface area contributed by atoms with Gasteiger partial charge >= 0.3 is 0 Å². The topological polar surface area (TPSA) is 18.5 Å². The van der Waals surface area contributed by atoms with Crippen LogP contribution in [0.15, 0.2) is 51.4 Å². The van der Waals surface area contributed by atoms with Gasteiger partial charge in [0, 0.05) is 30.9 Å². The predicted molar refractivity (Wildman–Crippen MR) is 117 cm³/mol. The Bertz CT molecular complexity index is 852. The standard InChI is InChI=1S/C14H14BrFO2.C6H3BrFI/c15-11-1-2-12(13(16)9-11)10-3-5-14(6-4-10)17-7-8-18-14;7-4-1-2-6(9)5(8)3-4/h1-3,9H,4-8H2;1-3H. The van der Waals surface area contributed by atoms with E-state index in [0.29, 0.717) is 28.8 Å². The lowest BCUT2D eigenvalue weighted by Gasteiger charge is -2.30. The van der Waals surface area contributed by atoms with Crippen molar-refractivity contribution in [2.24, 2.45) is 0 Å². The summed E-state index contributed by atoms with van der Waals surface area (Å²) >= 11 is 8.37. The maximum Gasteiger partial charge on any atom is 0.172 e. The van der Waals surface area contributed by atoms with Gasteiger partial charge in [-0.15, -0.1) is 0 Å². The summed E-state index contributed by atoms with van der Waals surface area (Å²) in [6.07, 6.45) is 4.34. The van der Waals surface area contributed by atoms with Gasteiger partial charge in [-0.1, -0.05) is 44.0 Å². The first kappa shape index (κ1) is 21.4. The van der Waals surface area contributed by atoms with Crippen molar-refractivity contribution in [3.63, 3.8) is 0 Å². The second kappa shape index (κ2) is 9.43. The average Bonchev–Trinajstić information content (AvgIpc) is 3.08. The molecule has 1 saturated heterocycles. The molecule has 2 nitrogen and oxygen atoms in total. The van der Waals surface area contributed by atoms with Gasteiger partial charge in [0.2, 0.25) is 0 Å². The van der Waals surface area contributed by atoms with Crippen molar-refractivity contribution in [2.75, 3.05) is 13.2 Å². The first-order valence-electron chi connectivity index (χ1n) is 8.41. The Kier molecular flexibility index (Phi) is 7.46. The lowest BCUT2D eigenvalue weighted by Crippen LogP contribution is -2.31. The van der Waals surface area contributed by atoms with Crippen LogP contribution in [-0.4, -0.2) is 19.0 Å². The highest BCUT2D eigenvalue weighted by molar-refractivity contribution is 14.1. The molecule has 2 aromatic carbocycles. The molecule has 144 valence electrons. The van der Waals surface area contributed by atoms with Crippen LogP contribution in [-0.2, 0) is 9.47 Å². The molecule has 1 fully saturated rings. The van der Waals surface area contributed by atoms with Gasteiger partial charge in [0.05, 0.1) is 13.2 Å². The van der Waals surface area contributed by atoms with Gasteiger partial charge < -0.3 is 9.47 Å². The zero-order valence-electron chi connectivity index (χ0n) is 14.3. The van der Waals surface area contributed by atoms with Crippen molar-refractivity contribution in [1.82, 2.24) is 0 Å². The third kappa shape index (κ3) is 5.59. The molecule has 2 aliphatic rings. The van der Waals surface area contributed by atoms with Crippen LogP contribution in [0.2, 0.25) is 0 Å². The predicted octanol–water partition coefficient (Wildman–Crippen LogP) is 7.09. The van der Waals surface area contributed by atoms with Crippen LogP contribution < -0.4 is 0 Å². The molecule has 2 aromatic rings. The molecule has 7 heteroatoms. The molecule has 1 aliphatic heterocycles. The minimum absolute atomic E-state index is 0.176. The first-order chi connectivity index (χ1) is 12.9. The Morgan fingerprint density at radius 1 is 0.926 bits per heavy atom. The summed E-state index contributed by atoms with van der Waals surface area (Å²) in [5.74, 6) is -0.792. The van der Waals surface area contributed by atoms with Crippen molar-refractivity contribution < 1.29 is 18.3 Å². The summed E-state index contributed by atoms with van der Waals surface area (Å²) in [6.45, 7) is 1.33. The van der Waals surface area contributed by atoms with Gasteiger partial charge in [-0.25, -0.2) is 8.78 Å². The summed E-state index contributed by atoms with van der Waals surface area (Å²) < 4.78 is 39.9. The third-order valence-electron chi connectivity index (χ3n) is 4.41. The van der Waals surface area contributed by atoms with Crippen LogP contribution >= 0.6 is 54.5 Å². The fraction of sp³-hybridized carbons (Fsp3) is 0.300. The molecule has 0 aromatic heterocycles. The van der Waals surface area contributed by atoms with Gasteiger partial charge in [-0.05, 0) is 64.9 Å². The summed E-state index contributed by atoms with van der Waals surface area (Å²) in [5.41, 5.74) is 1.73. The summed E-state index contributed by atoms with van der Waals surface area (Å²) in [4.78, 5) is 0. The van der Waals surface area contributed by atoms with E-state index in [-0.39, 0.29) is 11.6 Å². The van der Waals surface area contributed by atoms with Crippen LogP contribution in [0.3, 0.4) is 0 Å². The Labute approximate surface area is 187 Å². The van der Waals surface area contributed by atoms with E-state index >= 15 is 0 Å². The van der Waals surface area contributed by atoms with Gasteiger partial charge in [0.15, 0.2) is 5.79 Å². The van der Waals surface area contributed by atoms with E-state index in [0.717, 1.165) is 27.4 Å². The number of rotatable bonds is 1. The summed E-state index contributed by atoms with van der Waals surface area (Å²) in [6, 6.07) is 10.2. The number of hydrogen-bond donors (Lipinski definition) is 0. The Balaban J connectivity index is 0.000000197. The van der Waals surface area contributed by atoms with Crippen molar-refractivity contribution in [3.05, 3.63) is 72.2 Å². The van der Waals surface area contributed by atoms with Crippen molar-refractivity contribution in [2.45, 2.75) is 25.0 Å². The van der Waals surface area contributed by atoms with Crippen molar-refractivity contribution >= 4 is 60.0 Å². The highest BCUT2D eigenvalue weighted by atomic mass is 127. The summed E-state index contributed by atoms with van der Waals surface area (Å²) in [7, 11) is 0. The van der Waals surface area contributed by atoms with Gasteiger partial charge in [-0.2, -0.15) is 0 Å². The monoisotopic (exact) mass is 612 g/mol. The molecule has 0 radical (unpaired) electrons. The maximum absolute atomic E-state index is 13.9. The minimum Gasteiger partial charge on any atom is -0.347 e. The van der Waals surface area contributed by atoms with E-state index in [1.165, 1.54) is 12.1 Å². The zero-order chi connectivity index (χ0) is 19.4. The van der Waals surface area contributed by atoms with E-state index in [1.807, 2.05) is 46.9 Å². The van der Waals surface area contributed by atoms with Crippen molar-refractivity contribution in [3.8, 4) is 0 Å². The molecular weight excluding hydrogens is 597 g/mol. The Hall–Kier alpha value is -0.350. The molecule has 0 saturated carbocycles. The van der Waals surface area contributed by atoms with Crippen LogP contribution in [0.25, 0.3) is 5.57 Å². The quantitative estimate of drug-likeness (QED) is 0.253. The fourth-order valence-electron chi connectivity index (χ4n) is 3.03. The van der Waals surface area contributed by atoms with Crippen LogP contribution in [0.1, 0.15) is 24.8 Å². The van der Waals surface area contributed by atoms with E-state index < -0.39 is 5.79 Å². The van der Waals surface area contributed by atoms with E-state index in [9.17, 15) is 8.78 Å². The van der Waals surface area contributed by atoms with Crippen LogP contribution in [0.4, 0.5) is 8.78 Å². The van der Waals surface area contributed by atoms with E-state index in [2.05, 4.69) is 31.9 Å². The SMILES string of the molecule is Fc1cc(Br)ccc1C1=CCC2(CC1)OCCO2.Fc1cc(Br)ccc1I. The number of allylic oxidation sites excluding steroid dienone is 1. The van der Waals surface area contributed by atoms with Crippen LogP contribution in [0, 0.1) is 15.2 Å². The van der Waals surface area contributed by atoms with E-state index in [4.69, 9.17) is 9.47 Å². The molecule has 0 bridgehead atoms. The third-order valence-corrected chi connectivity index (χ3v) is 6.27. The Morgan fingerprint density at radius 2 is 1.56 bits per heavy atom. The maximum atomic E-state index is 13.9. The molecule has 4 rings (SSSR count). The molecule has 0 unspecified atom stereocenters. The smallest absolute Gasteiger partial charge is 0.172 e. The molecule has 1 spiro atoms. The molecule has 27 heavy (non-hydrogen) atoms. The summed E-state index contributed by atoms with van der Waals surface area (Å²) in [5, 5.41) is 0. The number of hydrogen-bond acceptors (Lipinski definition) is 2. The number of benzene rings is 2. The average molecular weight is 614 g/mol. The molecule has 0 N–H and O–H groups in total. The lowest BCUT2D eigenvalue weighted by molar-refractivity contribution is -0.159. The molecule has 0 atom stereocenters. The van der Waals surface area contributed by atoms with Gasteiger partial charge in [-0.3, -0.25) is 0 Å². The second-order valence-corrected chi connectivity index (χ2v) is 9.22. The molecule has 0 amide bonds. The van der Waals surface area contributed by atoms with Crippen molar-refractivity contribution in [1.29, 1.82) is 0 Å². The highest BCUT2D eigenvalue weighted by Gasteiger charge is 2.37. The Morgan fingerprint density at radius 3 is 2.07 bits per heavy atom. The fourth-order valence-corrected chi connectivity index (χ4v) is 4.03. The van der Waals surface area contributed by atoms with E-state index in [1.54, 1.807) is 6.07 Å². The zero-order valence-corrected chi connectivity index (χ0v) is 19.6. The number of halogens is 5. The highest BCUT2D eigenvalue weighted by Crippen LogP contribution is 2.39. The molecular formula is C20H17Br2F2IO2. The first-order valence-corrected chi connectivity index (χ1v) is 11.1. The van der Waals surface area contributed by atoms with Gasteiger partial charge in [0.25, 0.3) is 0 Å². The minimum atomic E-state index is -0.435. The number of ether oxygens (including phenoxy) is 2. The lowest BCUT2D eigenvalue weighted by atomic mass is 9.89. The second-order valence-electron chi connectivity index (χ2n) is 6.22. The molecule has 1 aliphatic carbocycles. The largest absolute Gasteiger partial charge is 0.347 e.